The summed E-state index contributed by atoms with van der Waals surface area (Å²) in [5.74, 6) is -0.109. The highest BCUT2D eigenvalue weighted by Gasteiger charge is 2.06. The van der Waals surface area contributed by atoms with Crippen LogP contribution in [0.3, 0.4) is 0 Å². The number of amides is 1. The van der Waals surface area contributed by atoms with E-state index in [9.17, 15) is 4.79 Å². The Kier molecular flexibility index (Phi) is 7.04. The van der Waals surface area contributed by atoms with E-state index in [0.29, 0.717) is 29.5 Å². The molecule has 0 heterocycles. The molecule has 0 radical (unpaired) electrons. The lowest BCUT2D eigenvalue weighted by Gasteiger charge is -2.10. The summed E-state index contributed by atoms with van der Waals surface area (Å²) in [5, 5.41) is 6.79. The van der Waals surface area contributed by atoms with Crippen LogP contribution in [-0.4, -0.2) is 17.6 Å². The van der Waals surface area contributed by atoms with E-state index in [0.717, 1.165) is 12.0 Å². The Labute approximate surface area is 147 Å². The van der Waals surface area contributed by atoms with E-state index in [-0.39, 0.29) is 5.91 Å². The molecular formula is C18H19ClN2OS. The van der Waals surface area contributed by atoms with Gasteiger partial charge in [0.2, 0.25) is 5.91 Å². The van der Waals surface area contributed by atoms with Crippen LogP contribution < -0.4 is 10.6 Å². The van der Waals surface area contributed by atoms with Crippen LogP contribution in [0.15, 0.2) is 54.6 Å². The van der Waals surface area contributed by atoms with Crippen molar-refractivity contribution in [2.45, 2.75) is 19.3 Å². The van der Waals surface area contributed by atoms with E-state index < -0.39 is 0 Å². The van der Waals surface area contributed by atoms with E-state index in [1.54, 1.807) is 0 Å². The van der Waals surface area contributed by atoms with Gasteiger partial charge in [0.15, 0.2) is 5.11 Å². The van der Waals surface area contributed by atoms with E-state index in [4.69, 9.17) is 23.8 Å². The van der Waals surface area contributed by atoms with Crippen LogP contribution in [0.25, 0.3) is 0 Å². The van der Waals surface area contributed by atoms with Gasteiger partial charge in [0, 0.05) is 18.0 Å². The highest BCUT2D eigenvalue weighted by atomic mass is 35.5. The Balaban J connectivity index is 1.66. The smallest absolute Gasteiger partial charge is 0.226 e. The Morgan fingerprint density at radius 3 is 2.43 bits per heavy atom. The number of aryl methyl sites for hydroxylation is 1. The van der Waals surface area contributed by atoms with Gasteiger partial charge < -0.3 is 10.6 Å². The molecule has 0 fully saturated rings. The van der Waals surface area contributed by atoms with Crippen molar-refractivity contribution in [3.8, 4) is 0 Å². The second kappa shape index (κ2) is 9.28. The summed E-state index contributed by atoms with van der Waals surface area (Å²) in [6.45, 7) is 0.688. The zero-order valence-corrected chi connectivity index (χ0v) is 14.3. The van der Waals surface area contributed by atoms with Gasteiger partial charge in [-0.1, -0.05) is 60.1 Å². The van der Waals surface area contributed by atoms with Gasteiger partial charge >= 0.3 is 0 Å². The minimum Gasteiger partial charge on any atom is -0.362 e. The van der Waals surface area contributed by atoms with Gasteiger partial charge in [-0.05, 0) is 42.3 Å². The molecule has 2 N–H and O–H groups in total. The molecule has 0 aliphatic heterocycles. The maximum atomic E-state index is 11.9. The van der Waals surface area contributed by atoms with E-state index in [1.807, 2.05) is 42.5 Å². The van der Waals surface area contributed by atoms with Crippen LogP contribution in [0.4, 0.5) is 0 Å². The van der Waals surface area contributed by atoms with Gasteiger partial charge in [-0.25, -0.2) is 0 Å². The molecule has 23 heavy (non-hydrogen) atoms. The molecule has 0 saturated carbocycles. The van der Waals surface area contributed by atoms with Crippen molar-refractivity contribution in [2.75, 3.05) is 6.54 Å². The summed E-state index contributed by atoms with van der Waals surface area (Å²) in [7, 11) is 0. The van der Waals surface area contributed by atoms with Crippen LogP contribution in [0.5, 0.6) is 0 Å². The van der Waals surface area contributed by atoms with Gasteiger partial charge in [0.05, 0.1) is 0 Å². The maximum absolute atomic E-state index is 11.9. The third-order valence-electron chi connectivity index (χ3n) is 3.37. The molecule has 120 valence electrons. The largest absolute Gasteiger partial charge is 0.362 e. The van der Waals surface area contributed by atoms with Crippen molar-refractivity contribution in [2.24, 2.45) is 0 Å². The molecule has 2 aromatic rings. The van der Waals surface area contributed by atoms with Crippen molar-refractivity contribution in [3.63, 3.8) is 0 Å². The monoisotopic (exact) mass is 346 g/mol. The predicted octanol–water partition coefficient (Wildman–Crippen LogP) is 3.51. The quantitative estimate of drug-likeness (QED) is 0.786. The molecule has 0 saturated heterocycles. The minimum atomic E-state index is -0.109. The van der Waals surface area contributed by atoms with Gasteiger partial charge in [-0.3, -0.25) is 4.79 Å². The number of nitrogens with one attached hydrogen (secondary N) is 2. The summed E-state index contributed by atoms with van der Waals surface area (Å²) in [4.78, 5) is 11.9. The molecule has 0 aliphatic carbocycles. The number of carbonyl (C=O) groups is 1. The summed E-state index contributed by atoms with van der Waals surface area (Å²) >= 11 is 11.2. The SMILES string of the molecule is O=C(CCc1ccccc1Cl)NC(=S)NCCc1ccccc1. The second-order valence-electron chi connectivity index (χ2n) is 5.13. The molecular weight excluding hydrogens is 328 g/mol. The number of carbonyl (C=O) groups excluding carboxylic acids is 1. The molecule has 2 rings (SSSR count). The van der Waals surface area contributed by atoms with Gasteiger partial charge in [0.1, 0.15) is 0 Å². The van der Waals surface area contributed by atoms with Crippen LogP contribution in [-0.2, 0) is 17.6 Å². The Morgan fingerprint density at radius 1 is 1.00 bits per heavy atom. The van der Waals surface area contributed by atoms with Gasteiger partial charge in [0.25, 0.3) is 0 Å². The van der Waals surface area contributed by atoms with Crippen molar-refractivity contribution < 1.29 is 4.79 Å². The number of halogens is 1. The van der Waals surface area contributed by atoms with Gasteiger partial charge in [-0.2, -0.15) is 0 Å². The minimum absolute atomic E-state index is 0.109. The van der Waals surface area contributed by atoms with Crippen molar-refractivity contribution in [1.82, 2.24) is 10.6 Å². The summed E-state index contributed by atoms with van der Waals surface area (Å²) in [6, 6.07) is 17.7. The average Bonchev–Trinajstić information content (AvgIpc) is 2.55. The first kappa shape index (κ1) is 17.4. The van der Waals surface area contributed by atoms with E-state index in [2.05, 4.69) is 22.8 Å². The van der Waals surface area contributed by atoms with Gasteiger partial charge in [-0.15, -0.1) is 0 Å². The highest BCUT2D eigenvalue weighted by molar-refractivity contribution is 7.80. The fraction of sp³-hybridized carbons (Fsp3) is 0.222. The first-order chi connectivity index (χ1) is 11.1. The summed E-state index contributed by atoms with van der Waals surface area (Å²) < 4.78 is 0. The molecule has 2 aromatic carbocycles. The van der Waals surface area contributed by atoms with Crippen LogP contribution >= 0.6 is 23.8 Å². The lowest BCUT2D eigenvalue weighted by atomic mass is 10.1. The zero-order valence-electron chi connectivity index (χ0n) is 12.7. The van der Waals surface area contributed by atoms with Crippen molar-refractivity contribution >= 4 is 34.8 Å². The topological polar surface area (TPSA) is 41.1 Å². The number of hydrogen-bond donors (Lipinski definition) is 2. The lowest BCUT2D eigenvalue weighted by Crippen LogP contribution is -2.40. The standard InChI is InChI=1S/C18H19ClN2OS/c19-16-9-5-4-8-15(16)10-11-17(22)21-18(23)20-13-12-14-6-2-1-3-7-14/h1-9H,10-13H2,(H2,20,21,22,23). The summed E-state index contributed by atoms with van der Waals surface area (Å²) in [5.41, 5.74) is 2.19. The first-order valence-electron chi connectivity index (χ1n) is 7.50. The normalized spacial score (nSPS) is 10.1. The first-order valence-corrected chi connectivity index (χ1v) is 8.29. The molecule has 0 aromatic heterocycles. The fourth-order valence-corrected chi connectivity index (χ4v) is 2.59. The molecule has 0 spiro atoms. The molecule has 3 nitrogen and oxygen atoms in total. The zero-order chi connectivity index (χ0) is 16.5. The van der Waals surface area contributed by atoms with E-state index in [1.165, 1.54) is 5.56 Å². The number of rotatable bonds is 6. The third-order valence-corrected chi connectivity index (χ3v) is 3.99. The fourth-order valence-electron chi connectivity index (χ4n) is 2.15. The predicted molar refractivity (Wildman–Crippen MR) is 98.7 cm³/mol. The Bertz CT molecular complexity index is 661. The van der Waals surface area contributed by atoms with Crippen LogP contribution in [0, 0.1) is 0 Å². The second-order valence-corrected chi connectivity index (χ2v) is 5.95. The molecule has 0 aliphatic rings. The molecule has 0 unspecified atom stereocenters. The van der Waals surface area contributed by atoms with Crippen LogP contribution in [0.1, 0.15) is 17.5 Å². The Morgan fingerprint density at radius 2 is 1.70 bits per heavy atom. The number of benzene rings is 2. The molecule has 1 amide bonds. The lowest BCUT2D eigenvalue weighted by molar-refractivity contribution is -0.119. The van der Waals surface area contributed by atoms with Crippen LogP contribution in [0.2, 0.25) is 5.02 Å². The maximum Gasteiger partial charge on any atom is 0.226 e. The molecule has 0 atom stereocenters. The molecule has 5 heteroatoms. The number of thiocarbonyl (C=S) groups is 1. The van der Waals surface area contributed by atoms with Crippen molar-refractivity contribution in [3.05, 3.63) is 70.7 Å². The average molecular weight is 347 g/mol. The van der Waals surface area contributed by atoms with Crippen molar-refractivity contribution in [1.29, 1.82) is 0 Å². The molecule has 0 bridgehead atoms. The number of hydrogen-bond acceptors (Lipinski definition) is 2. The third kappa shape index (κ3) is 6.38. The highest BCUT2D eigenvalue weighted by Crippen LogP contribution is 2.16. The van der Waals surface area contributed by atoms with E-state index >= 15 is 0 Å². The summed E-state index contributed by atoms with van der Waals surface area (Å²) in [6.07, 6.45) is 1.80. The Hall–Kier alpha value is -1.91.